The molecule has 0 aromatic heterocycles. The Bertz CT molecular complexity index is 504. The van der Waals surface area contributed by atoms with E-state index in [4.69, 9.17) is 5.73 Å². The number of halogens is 1. The summed E-state index contributed by atoms with van der Waals surface area (Å²) in [6.07, 6.45) is 1.57. The zero-order valence-corrected chi connectivity index (χ0v) is 11.7. The predicted octanol–water partition coefficient (Wildman–Crippen LogP) is 1.96. The Morgan fingerprint density at radius 3 is 2.78 bits per heavy atom. The average Bonchev–Trinajstić information content (AvgIpc) is 2.73. The number of rotatable bonds is 3. The second kappa shape index (κ2) is 4.72. The van der Waals surface area contributed by atoms with Crippen LogP contribution in [0.3, 0.4) is 0 Å². The molecule has 2 N–H and O–H groups in total. The van der Waals surface area contributed by atoms with Gasteiger partial charge in [0.25, 0.3) is 0 Å². The van der Waals surface area contributed by atoms with Gasteiger partial charge in [0, 0.05) is 28.8 Å². The first-order chi connectivity index (χ1) is 8.46. The molecule has 1 aromatic carbocycles. The number of benzene rings is 1. The lowest BCUT2D eigenvalue weighted by Crippen LogP contribution is -2.37. The van der Waals surface area contributed by atoms with Crippen molar-refractivity contribution in [3.63, 3.8) is 0 Å². The van der Waals surface area contributed by atoms with Gasteiger partial charge in [-0.2, -0.15) is 0 Å². The summed E-state index contributed by atoms with van der Waals surface area (Å²) in [5.41, 5.74) is 6.58. The molecule has 5 heteroatoms. The van der Waals surface area contributed by atoms with E-state index in [-0.39, 0.29) is 5.91 Å². The fourth-order valence-corrected chi connectivity index (χ4v) is 2.65. The fourth-order valence-electron chi connectivity index (χ4n) is 2.19. The number of nitrogens with zero attached hydrogens (tertiary/aromatic N) is 1. The molecule has 0 saturated carbocycles. The summed E-state index contributed by atoms with van der Waals surface area (Å²) in [6.45, 7) is 3.31. The van der Waals surface area contributed by atoms with Gasteiger partial charge in [0.2, 0.25) is 5.91 Å². The Balaban J connectivity index is 2.22. The maximum Gasteiger partial charge on any atom is 0.225 e. The van der Waals surface area contributed by atoms with E-state index in [0.717, 1.165) is 29.4 Å². The van der Waals surface area contributed by atoms with Crippen LogP contribution in [0.25, 0.3) is 0 Å². The summed E-state index contributed by atoms with van der Waals surface area (Å²) < 4.78 is 0.766. The summed E-state index contributed by atoms with van der Waals surface area (Å²) >= 11 is 3.36. The molecule has 4 nitrogen and oxygen atoms in total. The van der Waals surface area contributed by atoms with Crippen molar-refractivity contribution in [2.24, 2.45) is 11.1 Å². The SMILES string of the molecule is CC1(C(N)=O)CCN(c2ccc(C=O)c(Br)c2)C1. The number of nitrogens with two attached hydrogens (primary N) is 1. The highest BCUT2D eigenvalue weighted by molar-refractivity contribution is 9.10. The van der Waals surface area contributed by atoms with E-state index in [9.17, 15) is 9.59 Å². The quantitative estimate of drug-likeness (QED) is 0.868. The molecule has 0 aliphatic carbocycles. The molecule has 1 aliphatic heterocycles. The van der Waals surface area contributed by atoms with E-state index in [0.29, 0.717) is 12.1 Å². The second-order valence-electron chi connectivity index (χ2n) is 4.92. The molecule has 1 unspecified atom stereocenters. The van der Waals surface area contributed by atoms with Crippen LogP contribution in [0.15, 0.2) is 22.7 Å². The van der Waals surface area contributed by atoms with Crippen LogP contribution in [0.5, 0.6) is 0 Å². The lowest BCUT2D eigenvalue weighted by atomic mass is 9.89. The molecule has 18 heavy (non-hydrogen) atoms. The molecule has 0 spiro atoms. The van der Waals surface area contributed by atoms with Crippen molar-refractivity contribution in [1.29, 1.82) is 0 Å². The number of hydrogen-bond donors (Lipinski definition) is 1. The van der Waals surface area contributed by atoms with Crippen LogP contribution in [-0.4, -0.2) is 25.3 Å². The number of anilines is 1. The molecule has 1 amide bonds. The van der Waals surface area contributed by atoms with Gasteiger partial charge in [-0.3, -0.25) is 9.59 Å². The van der Waals surface area contributed by atoms with Crippen LogP contribution >= 0.6 is 15.9 Å². The maximum atomic E-state index is 11.4. The molecule has 1 aromatic rings. The third-order valence-corrected chi connectivity index (χ3v) is 4.23. The number of primary amides is 1. The summed E-state index contributed by atoms with van der Waals surface area (Å²) in [5, 5.41) is 0. The van der Waals surface area contributed by atoms with Gasteiger partial charge < -0.3 is 10.6 Å². The van der Waals surface area contributed by atoms with Crippen molar-refractivity contribution in [1.82, 2.24) is 0 Å². The van der Waals surface area contributed by atoms with Crippen LogP contribution in [0.4, 0.5) is 5.69 Å². The van der Waals surface area contributed by atoms with Crippen molar-refractivity contribution >= 4 is 33.8 Å². The van der Waals surface area contributed by atoms with Crippen LogP contribution in [0.2, 0.25) is 0 Å². The lowest BCUT2D eigenvalue weighted by Gasteiger charge is -2.22. The van der Waals surface area contributed by atoms with Gasteiger partial charge in [-0.05, 0) is 47.5 Å². The van der Waals surface area contributed by atoms with E-state index >= 15 is 0 Å². The third-order valence-electron chi connectivity index (χ3n) is 3.54. The van der Waals surface area contributed by atoms with E-state index in [1.54, 1.807) is 6.07 Å². The largest absolute Gasteiger partial charge is 0.370 e. The molecule has 2 rings (SSSR count). The van der Waals surface area contributed by atoms with Gasteiger partial charge in [0.05, 0.1) is 5.41 Å². The molecular formula is C13H15BrN2O2. The fraction of sp³-hybridized carbons (Fsp3) is 0.385. The molecule has 1 fully saturated rings. The highest BCUT2D eigenvalue weighted by Crippen LogP contribution is 2.34. The van der Waals surface area contributed by atoms with Gasteiger partial charge in [-0.1, -0.05) is 0 Å². The minimum Gasteiger partial charge on any atom is -0.370 e. The van der Waals surface area contributed by atoms with Gasteiger partial charge in [-0.25, -0.2) is 0 Å². The Morgan fingerprint density at radius 2 is 2.28 bits per heavy atom. The summed E-state index contributed by atoms with van der Waals surface area (Å²) in [6, 6.07) is 5.56. The Morgan fingerprint density at radius 1 is 1.56 bits per heavy atom. The van der Waals surface area contributed by atoms with Crippen molar-refractivity contribution < 1.29 is 9.59 Å². The summed E-state index contributed by atoms with van der Waals surface area (Å²) in [5.74, 6) is -0.256. The Hall–Kier alpha value is -1.36. The van der Waals surface area contributed by atoms with Crippen LogP contribution in [-0.2, 0) is 4.79 Å². The minimum atomic E-state index is -0.462. The number of amides is 1. The van der Waals surface area contributed by atoms with Crippen LogP contribution in [0, 0.1) is 5.41 Å². The minimum absolute atomic E-state index is 0.256. The Labute approximate surface area is 114 Å². The van der Waals surface area contributed by atoms with E-state index in [1.807, 2.05) is 19.1 Å². The smallest absolute Gasteiger partial charge is 0.225 e. The van der Waals surface area contributed by atoms with Gasteiger partial charge in [0.1, 0.15) is 0 Å². The van der Waals surface area contributed by atoms with Gasteiger partial charge in [0.15, 0.2) is 6.29 Å². The molecule has 0 bridgehead atoms. The topological polar surface area (TPSA) is 63.4 Å². The summed E-state index contributed by atoms with van der Waals surface area (Å²) in [4.78, 5) is 24.3. The zero-order chi connectivity index (χ0) is 13.3. The van der Waals surface area contributed by atoms with Crippen molar-refractivity contribution in [3.8, 4) is 0 Å². The number of carbonyl (C=O) groups is 2. The van der Waals surface area contributed by atoms with Crippen molar-refractivity contribution in [2.75, 3.05) is 18.0 Å². The molecule has 1 saturated heterocycles. The monoisotopic (exact) mass is 310 g/mol. The molecule has 1 aliphatic rings. The first-order valence-corrected chi connectivity index (χ1v) is 6.55. The lowest BCUT2D eigenvalue weighted by molar-refractivity contribution is -0.125. The summed E-state index contributed by atoms with van der Waals surface area (Å²) in [7, 11) is 0. The molecule has 1 atom stereocenters. The Kier molecular flexibility index (Phi) is 3.43. The van der Waals surface area contributed by atoms with E-state index < -0.39 is 5.41 Å². The standard InChI is InChI=1S/C13H15BrN2O2/c1-13(12(15)18)4-5-16(8-13)10-3-2-9(7-17)11(14)6-10/h2-3,6-7H,4-5,8H2,1H3,(H2,15,18). The van der Waals surface area contributed by atoms with Gasteiger partial charge >= 0.3 is 0 Å². The van der Waals surface area contributed by atoms with E-state index in [1.165, 1.54) is 0 Å². The predicted molar refractivity (Wildman–Crippen MR) is 73.7 cm³/mol. The maximum absolute atomic E-state index is 11.4. The third kappa shape index (κ3) is 2.27. The normalized spacial score (nSPS) is 23.1. The molecule has 1 heterocycles. The second-order valence-corrected chi connectivity index (χ2v) is 5.77. The molecule has 96 valence electrons. The average molecular weight is 311 g/mol. The van der Waals surface area contributed by atoms with Crippen molar-refractivity contribution in [3.05, 3.63) is 28.2 Å². The first kappa shape index (κ1) is 13.1. The van der Waals surface area contributed by atoms with Gasteiger partial charge in [-0.15, -0.1) is 0 Å². The van der Waals surface area contributed by atoms with E-state index in [2.05, 4.69) is 20.8 Å². The number of hydrogen-bond acceptors (Lipinski definition) is 3. The van der Waals surface area contributed by atoms with Crippen molar-refractivity contribution in [2.45, 2.75) is 13.3 Å². The highest BCUT2D eigenvalue weighted by Gasteiger charge is 2.38. The highest BCUT2D eigenvalue weighted by atomic mass is 79.9. The molecule has 0 radical (unpaired) electrons. The number of carbonyl (C=O) groups excluding carboxylic acids is 2. The van der Waals surface area contributed by atoms with Crippen LogP contribution in [0.1, 0.15) is 23.7 Å². The van der Waals surface area contributed by atoms with Crippen LogP contribution < -0.4 is 10.6 Å². The molecular weight excluding hydrogens is 296 g/mol. The number of aldehydes is 1. The first-order valence-electron chi connectivity index (χ1n) is 5.76. The zero-order valence-electron chi connectivity index (χ0n) is 10.1.